The van der Waals surface area contributed by atoms with E-state index in [1.54, 1.807) is 4.57 Å². The molecule has 1 aromatic rings. The van der Waals surface area contributed by atoms with Gasteiger partial charge in [0.05, 0.1) is 0 Å². The molecule has 2 aliphatic carbocycles. The van der Waals surface area contributed by atoms with Crippen molar-refractivity contribution in [1.82, 2.24) is 14.8 Å². The van der Waals surface area contributed by atoms with Crippen molar-refractivity contribution >= 4 is 10.0 Å². The molecule has 1 atom stereocenters. The topological polar surface area (TPSA) is 90.9 Å². The second kappa shape index (κ2) is 3.08. The van der Waals surface area contributed by atoms with Crippen LogP contribution in [-0.4, -0.2) is 23.2 Å². The molecule has 2 saturated carbocycles. The van der Waals surface area contributed by atoms with Crippen molar-refractivity contribution in [2.24, 2.45) is 10.6 Å². The number of primary sulfonamides is 1. The van der Waals surface area contributed by atoms with Gasteiger partial charge in [-0.05, 0) is 24.7 Å². The highest BCUT2D eigenvalue weighted by molar-refractivity contribution is 7.89. The van der Waals surface area contributed by atoms with Crippen molar-refractivity contribution in [1.29, 1.82) is 0 Å². The normalized spacial score (nSPS) is 27.1. The lowest BCUT2D eigenvalue weighted by atomic mass is 10.1. The Morgan fingerprint density at radius 1 is 1.35 bits per heavy atom. The zero-order valence-electron chi connectivity index (χ0n) is 9.92. The predicted octanol–water partition coefficient (Wildman–Crippen LogP) is 0.774. The smallest absolute Gasteiger partial charge is 0.273 e. The van der Waals surface area contributed by atoms with Gasteiger partial charge in [-0.25, -0.2) is 13.6 Å². The van der Waals surface area contributed by atoms with E-state index in [2.05, 4.69) is 24.0 Å². The average Bonchev–Trinajstić information content (AvgIpc) is 3.06. The van der Waals surface area contributed by atoms with Gasteiger partial charge in [0.15, 0.2) is 0 Å². The minimum Gasteiger partial charge on any atom is -0.297 e. The Morgan fingerprint density at radius 3 is 2.35 bits per heavy atom. The Labute approximate surface area is 100 Å². The van der Waals surface area contributed by atoms with Crippen LogP contribution in [0.15, 0.2) is 5.16 Å². The third-order valence-electron chi connectivity index (χ3n) is 3.68. The fourth-order valence-corrected chi connectivity index (χ4v) is 2.98. The Morgan fingerprint density at radius 2 is 1.94 bits per heavy atom. The molecule has 1 heterocycles. The molecule has 2 aliphatic rings. The summed E-state index contributed by atoms with van der Waals surface area (Å²) in [6.07, 6.45) is 3.00. The maximum atomic E-state index is 11.5. The number of aromatic nitrogens is 3. The van der Waals surface area contributed by atoms with Crippen molar-refractivity contribution in [3.05, 3.63) is 5.82 Å². The Balaban J connectivity index is 2.09. The summed E-state index contributed by atoms with van der Waals surface area (Å²) in [6, 6.07) is 0.227. The van der Waals surface area contributed by atoms with Crippen molar-refractivity contribution in [3.8, 4) is 0 Å². The molecule has 0 aromatic carbocycles. The monoisotopic (exact) mass is 256 g/mol. The Hall–Kier alpha value is -0.950. The fourth-order valence-electron chi connectivity index (χ4n) is 2.30. The summed E-state index contributed by atoms with van der Waals surface area (Å²) in [7, 11) is -3.77. The number of hydrogen-bond acceptors (Lipinski definition) is 4. The summed E-state index contributed by atoms with van der Waals surface area (Å²) in [4.78, 5) is 0. The van der Waals surface area contributed by atoms with E-state index in [-0.39, 0.29) is 16.6 Å². The quantitative estimate of drug-likeness (QED) is 0.865. The molecule has 2 fully saturated rings. The van der Waals surface area contributed by atoms with Gasteiger partial charge in [0.2, 0.25) is 0 Å². The largest absolute Gasteiger partial charge is 0.297 e. The van der Waals surface area contributed by atoms with Gasteiger partial charge in [-0.1, -0.05) is 13.8 Å². The van der Waals surface area contributed by atoms with Gasteiger partial charge in [0.1, 0.15) is 5.82 Å². The number of sulfonamides is 1. The predicted molar refractivity (Wildman–Crippen MR) is 60.8 cm³/mol. The van der Waals surface area contributed by atoms with Gasteiger partial charge in [-0.3, -0.25) is 4.57 Å². The molecule has 2 N–H and O–H groups in total. The van der Waals surface area contributed by atoms with Gasteiger partial charge >= 0.3 is 0 Å². The molecule has 0 aliphatic heterocycles. The van der Waals surface area contributed by atoms with Gasteiger partial charge in [0, 0.05) is 12.0 Å². The van der Waals surface area contributed by atoms with Crippen LogP contribution in [0.4, 0.5) is 0 Å². The highest BCUT2D eigenvalue weighted by Crippen LogP contribution is 2.59. The van der Waals surface area contributed by atoms with Gasteiger partial charge < -0.3 is 0 Å². The van der Waals surface area contributed by atoms with Crippen LogP contribution in [0.5, 0.6) is 0 Å². The molecule has 0 bridgehead atoms. The van der Waals surface area contributed by atoms with E-state index in [0.29, 0.717) is 5.92 Å². The minimum absolute atomic E-state index is 0.0716. The number of nitrogens with two attached hydrogens (primary N) is 1. The summed E-state index contributed by atoms with van der Waals surface area (Å²) in [5.41, 5.74) is 0.204. The van der Waals surface area contributed by atoms with Crippen LogP contribution in [0.1, 0.15) is 50.9 Å². The van der Waals surface area contributed by atoms with E-state index in [4.69, 9.17) is 5.14 Å². The Bertz CT molecular complexity index is 571. The summed E-state index contributed by atoms with van der Waals surface area (Å²) in [6.45, 7) is 4.31. The molecule has 94 valence electrons. The first-order valence-electron chi connectivity index (χ1n) is 5.78. The lowest BCUT2D eigenvalue weighted by molar-refractivity contribution is 0.543. The summed E-state index contributed by atoms with van der Waals surface area (Å²) in [5, 5.41) is 12.9. The Kier molecular flexibility index (Phi) is 2.02. The minimum atomic E-state index is -3.77. The highest BCUT2D eigenvalue weighted by atomic mass is 32.2. The van der Waals surface area contributed by atoms with Gasteiger partial charge in [-0.2, -0.15) is 0 Å². The standard InChI is InChI=1S/C10H16N4O2S/c1-10(2)5-7(10)8-12-13-9(17(11,15)16)14(8)6-3-4-6/h6-7H,3-5H2,1-2H3,(H2,11,15,16). The van der Waals surface area contributed by atoms with Crippen LogP contribution in [0.3, 0.4) is 0 Å². The van der Waals surface area contributed by atoms with Crippen LogP contribution >= 0.6 is 0 Å². The number of nitrogens with zero attached hydrogens (tertiary/aromatic N) is 3. The summed E-state index contributed by atoms with van der Waals surface area (Å²) >= 11 is 0. The molecule has 0 radical (unpaired) electrons. The molecule has 6 nitrogen and oxygen atoms in total. The third kappa shape index (κ3) is 1.77. The molecule has 1 unspecified atom stereocenters. The fraction of sp³-hybridized carbons (Fsp3) is 0.800. The lowest BCUT2D eigenvalue weighted by Crippen LogP contribution is -2.19. The molecule has 1 aromatic heterocycles. The van der Waals surface area contributed by atoms with Crippen molar-refractivity contribution < 1.29 is 8.42 Å². The maximum Gasteiger partial charge on any atom is 0.273 e. The molecule has 0 spiro atoms. The molecule has 0 amide bonds. The first-order valence-corrected chi connectivity index (χ1v) is 7.33. The van der Waals surface area contributed by atoms with Crippen LogP contribution in [0.2, 0.25) is 0 Å². The summed E-state index contributed by atoms with van der Waals surface area (Å²) in [5.74, 6) is 1.10. The molecule has 7 heteroatoms. The van der Waals surface area contributed by atoms with E-state index in [1.807, 2.05) is 0 Å². The van der Waals surface area contributed by atoms with E-state index < -0.39 is 10.0 Å². The summed E-state index contributed by atoms with van der Waals surface area (Å²) < 4.78 is 24.7. The first kappa shape index (κ1) is 11.2. The van der Waals surface area contributed by atoms with Crippen molar-refractivity contribution in [2.45, 2.75) is 50.2 Å². The van der Waals surface area contributed by atoms with Crippen LogP contribution in [0.25, 0.3) is 0 Å². The van der Waals surface area contributed by atoms with Crippen molar-refractivity contribution in [3.63, 3.8) is 0 Å². The number of hydrogen-bond donors (Lipinski definition) is 1. The molecular weight excluding hydrogens is 240 g/mol. The van der Waals surface area contributed by atoms with Crippen molar-refractivity contribution in [2.75, 3.05) is 0 Å². The lowest BCUT2D eigenvalue weighted by Gasteiger charge is -2.08. The van der Waals surface area contributed by atoms with Crippen LogP contribution < -0.4 is 5.14 Å². The van der Waals surface area contributed by atoms with Crippen LogP contribution in [0, 0.1) is 5.41 Å². The van der Waals surface area contributed by atoms with Gasteiger partial charge in [-0.15, -0.1) is 10.2 Å². The van der Waals surface area contributed by atoms with E-state index >= 15 is 0 Å². The van der Waals surface area contributed by atoms with E-state index in [9.17, 15) is 8.42 Å². The first-order chi connectivity index (χ1) is 7.81. The molecule has 0 saturated heterocycles. The van der Waals surface area contributed by atoms with E-state index in [0.717, 1.165) is 25.1 Å². The highest BCUT2D eigenvalue weighted by Gasteiger charge is 2.51. The second-order valence-electron chi connectivity index (χ2n) is 5.73. The average molecular weight is 256 g/mol. The molecule has 17 heavy (non-hydrogen) atoms. The third-order valence-corrected chi connectivity index (χ3v) is 4.47. The second-order valence-corrected chi connectivity index (χ2v) is 7.19. The molecular formula is C10H16N4O2S. The SMILES string of the molecule is CC1(C)CC1c1nnc(S(N)(=O)=O)n1C1CC1. The number of rotatable bonds is 3. The maximum absolute atomic E-state index is 11.5. The zero-order chi connectivity index (χ0) is 12.4. The van der Waals surface area contributed by atoms with Gasteiger partial charge in [0.25, 0.3) is 15.2 Å². The van der Waals surface area contributed by atoms with E-state index in [1.165, 1.54) is 0 Å². The van der Waals surface area contributed by atoms with Crippen LogP contribution in [-0.2, 0) is 10.0 Å². The molecule has 3 rings (SSSR count). The zero-order valence-corrected chi connectivity index (χ0v) is 10.7.